The second-order valence-corrected chi connectivity index (χ2v) is 9.15. The van der Waals surface area contributed by atoms with E-state index in [1.165, 1.54) is 0 Å². The minimum Gasteiger partial charge on any atom is -0.497 e. The molecule has 0 radical (unpaired) electrons. The van der Waals surface area contributed by atoms with Crippen molar-refractivity contribution in [1.29, 1.82) is 0 Å². The van der Waals surface area contributed by atoms with E-state index in [2.05, 4.69) is 5.10 Å². The summed E-state index contributed by atoms with van der Waals surface area (Å²) in [4.78, 5) is 21.9. The molecule has 0 saturated carbocycles. The number of hydrogen-bond acceptors (Lipinski definition) is 6. The third-order valence-electron chi connectivity index (χ3n) is 6.29. The molecule has 3 aromatic heterocycles. The fourth-order valence-corrected chi connectivity index (χ4v) is 5.43. The van der Waals surface area contributed by atoms with E-state index in [9.17, 15) is 4.79 Å². The summed E-state index contributed by atoms with van der Waals surface area (Å²) in [7, 11) is 5.16. The Morgan fingerprint density at radius 2 is 2.03 bits per heavy atom. The number of hydrogen-bond donors (Lipinski definition) is 0. The van der Waals surface area contributed by atoms with Crippen LogP contribution >= 0.6 is 11.3 Å². The van der Waals surface area contributed by atoms with E-state index in [-0.39, 0.29) is 11.9 Å². The van der Waals surface area contributed by atoms with Gasteiger partial charge in [0, 0.05) is 25.2 Å². The van der Waals surface area contributed by atoms with Crippen LogP contribution in [0.3, 0.4) is 0 Å². The number of likely N-dealkylation sites (tertiary alicyclic amines) is 1. The van der Waals surface area contributed by atoms with Crippen molar-refractivity contribution in [2.24, 2.45) is 7.05 Å². The van der Waals surface area contributed by atoms with Crippen LogP contribution in [0.25, 0.3) is 21.6 Å². The first-order chi connectivity index (χ1) is 16.0. The average molecular weight is 463 g/mol. The molecule has 4 heterocycles. The highest BCUT2D eigenvalue weighted by atomic mass is 32.1. The summed E-state index contributed by atoms with van der Waals surface area (Å²) in [6.45, 7) is 2.62. The van der Waals surface area contributed by atoms with Crippen LogP contribution in [-0.4, -0.2) is 46.3 Å². The van der Waals surface area contributed by atoms with Gasteiger partial charge in [-0.3, -0.25) is 9.48 Å². The Hall–Kier alpha value is -3.39. The zero-order chi connectivity index (χ0) is 23.1. The summed E-state index contributed by atoms with van der Waals surface area (Å²) < 4.78 is 12.8. The number of methoxy groups -OCH3 is 2. The molecule has 33 heavy (non-hydrogen) atoms. The van der Waals surface area contributed by atoms with E-state index in [4.69, 9.17) is 14.5 Å². The quantitative estimate of drug-likeness (QED) is 0.417. The van der Waals surface area contributed by atoms with Crippen molar-refractivity contribution in [3.05, 3.63) is 58.6 Å². The summed E-state index contributed by atoms with van der Waals surface area (Å²) in [6.07, 6.45) is 1.82. The number of thiophene rings is 1. The van der Waals surface area contributed by atoms with Gasteiger partial charge in [0.15, 0.2) is 5.65 Å². The smallest absolute Gasteiger partial charge is 0.255 e. The van der Waals surface area contributed by atoms with Crippen molar-refractivity contribution in [2.75, 3.05) is 20.8 Å². The van der Waals surface area contributed by atoms with Crippen molar-refractivity contribution in [3.63, 3.8) is 0 Å². The molecular formula is C25H26N4O3S. The van der Waals surface area contributed by atoms with Crippen molar-refractivity contribution in [3.8, 4) is 22.1 Å². The molecule has 7 nitrogen and oxygen atoms in total. The van der Waals surface area contributed by atoms with E-state index in [1.54, 1.807) is 30.2 Å². The number of amides is 1. The first-order valence-electron chi connectivity index (χ1n) is 10.9. The van der Waals surface area contributed by atoms with Crippen LogP contribution in [0.2, 0.25) is 0 Å². The summed E-state index contributed by atoms with van der Waals surface area (Å²) in [6, 6.07) is 11.7. The number of carbonyl (C=O) groups is 1. The number of nitrogens with zero attached hydrogens (tertiary/aromatic N) is 4. The fourth-order valence-electron chi connectivity index (χ4n) is 4.75. The molecule has 4 aromatic rings. The molecule has 1 aliphatic heterocycles. The third kappa shape index (κ3) is 3.64. The van der Waals surface area contributed by atoms with Crippen LogP contribution in [0.15, 0.2) is 41.8 Å². The van der Waals surface area contributed by atoms with Gasteiger partial charge in [-0.15, -0.1) is 11.3 Å². The highest BCUT2D eigenvalue weighted by molar-refractivity contribution is 7.13. The van der Waals surface area contributed by atoms with Gasteiger partial charge in [-0.25, -0.2) is 4.98 Å². The molecule has 1 saturated heterocycles. The van der Waals surface area contributed by atoms with Gasteiger partial charge >= 0.3 is 0 Å². The van der Waals surface area contributed by atoms with Gasteiger partial charge in [-0.2, -0.15) is 5.10 Å². The number of benzene rings is 1. The minimum atomic E-state index is -0.0660. The van der Waals surface area contributed by atoms with Crippen LogP contribution in [0.4, 0.5) is 0 Å². The summed E-state index contributed by atoms with van der Waals surface area (Å²) in [5.41, 5.74) is 3.96. The number of carbonyl (C=O) groups excluding carboxylic acids is 1. The predicted molar refractivity (Wildman–Crippen MR) is 129 cm³/mol. The van der Waals surface area contributed by atoms with Gasteiger partial charge in [0.25, 0.3) is 5.91 Å². The lowest BCUT2D eigenvalue weighted by Crippen LogP contribution is -2.31. The molecular weight excluding hydrogens is 436 g/mol. The number of rotatable bonds is 5. The third-order valence-corrected chi connectivity index (χ3v) is 7.18. The second-order valence-electron chi connectivity index (χ2n) is 8.20. The van der Waals surface area contributed by atoms with Crippen molar-refractivity contribution in [2.45, 2.75) is 25.8 Å². The molecule has 0 aliphatic carbocycles. The maximum atomic E-state index is 14.0. The molecule has 170 valence electrons. The molecule has 1 unspecified atom stereocenters. The number of aryl methyl sites for hydroxylation is 2. The van der Waals surface area contributed by atoms with Crippen LogP contribution in [0.5, 0.6) is 11.5 Å². The number of aromatic nitrogens is 3. The molecule has 1 atom stereocenters. The van der Waals surface area contributed by atoms with Gasteiger partial charge in [0.05, 0.1) is 47.5 Å². The highest BCUT2D eigenvalue weighted by Gasteiger charge is 2.34. The molecule has 8 heteroatoms. The van der Waals surface area contributed by atoms with E-state index in [1.807, 2.05) is 60.6 Å². The van der Waals surface area contributed by atoms with Crippen molar-refractivity contribution < 1.29 is 14.3 Å². The van der Waals surface area contributed by atoms with Gasteiger partial charge in [0.2, 0.25) is 0 Å². The average Bonchev–Trinajstić information content (AvgIpc) is 3.59. The molecule has 1 aromatic carbocycles. The van der Waals surface area contributed by atoms with Gasteiger partial charge in [0.1, 0.15) is 11.5 Å². The molecule has 0 spiro atoms. The largest absolute Gasteiger partial charge is 0.497 e. The molecule has 1 fully saturated rings. The summed E-state index contributed by atoms with van der Waals surface area (Å²) in [5.74, 6) is 1.46. The SMILES string of the molecule is COc1ccc(C2CCCN2C(=O)c2cc(-c3cccs3)nc3c2c(C)nn3C)c(OC)c1. The molecule has 0 N–H and O–H groups in total. The maximum Gasteiger partial charge on any atom is 0.255 e. The predicted octanol–water partition coefficient (Wildman–Crippen LogP) is 5.00. The number of pyridine rings is 1. The van der Waals surface area contributed by atoms with Gasteiger partial charge < -0.3 is 14.4 Å². The van der Waals surface area contributed by atoms with Crippen molar-refractivity contribution >= 4 is 28.3 Å². The van der Waals surface area contributed by atoms with Crippen LogP contribution < -0.4 is 9.47 Å². The zero-order valence-electron chi connectivity index (χ0n) is 19.2. The molecule has 0 bridgehead atoms. The summed E-state index contributed by atoms with van der Waals surface area (Å²) >= 11 is 1.61. The lowest BCUT2D eigenvalue weighted by molar-refractivity contribution is 0.0736. The Balaban J connectivity index is 1.61. The summed E-state index contributed by atoms with van der Waals surface area (Å²) in [5, 5.41) is 7.39. The lowest BCUT2D eigenvalue weighted by Gasteiger charge is -2.27. The van der Waals surface area contributed by atoms with Gasteiger partial charge in [-0.1, -0.05) is 6.07 Å². The highest BCUT2D eigenvalue weighted by Crippen LogP contribution is 2.40. The van der Waals surface area contributed by atoms with E-state index >= 15 is 0 Å². The first kappa shape index (κ1) is 21.5. The monoisotopic (exact) mass is 462 g/mol. The molecule has 5 rings (SSSR count). The van der Waals surface area contributed by atoms with Crippen LogP contribution in [-0.2, 0) is 7.05 Å². The molecule has 1 aliphatic rings. The van der Waals surface area contributed by atoms with Crippen LogP contribution in [0.1, 0.15) is 40.5 Å². The normalized spacial score (nSPS) is 15.9. The van der Waals surface area contributed by atoms with Gasteiger partial charge in [-0.05, 0) is 49.4 Å². The van der Waals surface area contributed by atoms with Crippen LogP contribution in [0, 0.1) is 6.92 Å². The number of ether oxygens (including phenoxy) is 2. The van der Waals surface area contributed by atoms with E-state index in [0.717, 1.165) is 57.2 Å². The maximum absolute atomic E-state index is 14.0. The lowest BCUT2D eigenvalue weighted by atomic mass is 10.0. The Morgan fingerprint density at radius 1 is 1.18 bits per heavy atom. The Labute approximate surface area is 196 Å². The molecule has 1 amide bonds. The number of fused-ring (bicyclic) bond motifs is 1. The zero-order valence-corrected chi connectivity index (χ0v) is 20.0. The Kier molecular flexibility index (Phi) is 5.54. The standard InChI is InChI=1S/C25H26N4O3S/c1-15-23-18(14-19(22-8-6-12-33-22)26-24(23)28(2)27-15)25(30)29-11-5-7-20(29)17-10-9-16(31-3)13-21(17)32-4/h6,8-10,12-14,20H,5,7,11H2,1-4H3. The topological polar surface area (TPSA) is 69.5 Å². The van der Waals surface area contributed by atoms with E-state index < -0.39 is 0 Å². The first-order valence-corrected chi connectivity index (χ1v) is 11.8. The Morgan fingerprint density at radius 3 is 2.76 bits per heavy atom. The Bertz CT molecular complexity index is 1330. The fraction of sp³-hybridized carbons (Fsp3) is 0.320. The van der Waals surface area contributed by atoms with E-state index in [0.29, 0.717) is 12.1 Å². The minimum absolute atomic E-state index is 0.00308. The van der Waals surface area contributed by atoms with Crippen molar-refractivity contribution in [1.82, 2.24) is 19.7 Å². The second kappa shape index (κ2) is 8.51.